The highest BCUT2D eigenvalue weighted by Gasteiger charge is 2.25. The van der Waals surface area contributed by atoms with E-state index in [-0.39, 0.29) is 0 Å². The van der Waals surface area contributed by atoms with Crippen molar-refractivity contribution in [1.29, 1.82) is 0 Å². The minimum atomic E-state index is 1.11. The predicted molar refractivity (Wildman–Crippen MR) is 235 cm³/mol. The lowest BCUT2D eigenvalue weighted by atomic mass is 9.90. The molecule has 0 aliphatic carbocycles. The Balaban J connectivity index is 1.32. The molecule has 0 saturated heterocycles. The van der Waals surface area contributed by atoms with E-state index in [0.29, 0.717) is 0 Å². The van der Waals surface area contributed by atoms with Gasteiger partial charge in [0.1, 0.15) is 0 Å². The summed E-state index contributed by atoms with van der Waals surface area (Å²) in [7, 11) is 0. The molecule has 10 aromatic carbocycles. The highest BCUT2D eigenvalue weighted by molar-refractivity contribution is 6.15. The average molecular weight is 700 g/mol. The maximum Gasteiger partial charge on any atom is 0.0546 e. The Hall–Kier alpha value is -7.22. The number of anilines is 3. The molecule has 258 valence electrons. The van der Waals surface area contributed by atoms with Crippen molar-refractivity contribution in [3.63, 3.8) is 0 Å². The van der Waals surface area contributed by atoms with Crippen LogP contribution in [0, 0.1) is 0 Å². The number of nitrogens with zero attached hydrogens (tertiary/aromatic N) is 1. The van der Waals surface area contributed by atoms with E-state index < -0.39 is 0 Å². The van der Waals surface area contributed by atoms with Crippen molar-refractivity contribution in [2.75, 3.05) is 4.90 Å². The molecule has 0 bridgehead atoms. The number of hydrogen-bond acceptors (Lipinski definition) is 1. The maximum absolute atomic E-state index is 2.52. The SMILES string of the molecule is c1ccc(-c2ccc(-c3ccccc3)c(N(c3ccccc3-c3cccc4ccccc34)c3ccccc3-c3cc4ccccc4c4ccccc34)c2)cc1. The van der Waals surface area contributed by atoms with Gasteiger partial charge in [0.15, 0.2) is 0 Å². The normalized spacial score (nSPS) is 11.3. The van der Waals surface area contributed by atoms with Crippen molar-refractivity contribution in [2.45, 2.75) is 0 Å². The number of benzene rings is 10. The number of rotatable bonds is 7. The molecule has 0 heterocycles. The van der Waals surface area contributed by atoms with Crippen LogP contribution in [0.15, 0.2) is 224 Å². The standard InChI is InChI=1S/C54H37N/c1-3-18-38(19-4-1)41-34-35-45(40-20-5-2-6-21-40)54(37-41)55(52-32-15-13-29-49(52)47-31-17-24-39-22-7-9-25-43(39)47)53-33-16-14-30-50(53)51-36-42-23-8-10-26-44(42)46-27-11-12-28-48(46)51/h1-37H. The van der Waals surface area contributed by atoms with Crippen LogP contribution in [0.2, 0.25) is 0 Å². The lowest BCUT2D eigenvalue weighted by Crippen LogP contribution is -2.14. The van der Waals surface area contributed by atoms with Crippen molar-refractivity contribution in [3.8, 4) is 44.5 Å². The zero-order valence-electron chi connectivity index (χ0n) is 30.3. The van der Waals surface area contributed by atoms with E-state index in [2.05, 4.69) is 229 Å². The van der Waals surface area contributed by atoms with Crippen LogP contribution in [0.25, 0.3) is 76.8 Å². The Morgan fingerprint density at radius 1 is 0.218 bits per heavy atom. The minimum absolute atomic E-state index is 1.11. The lowest BCUT2D eigenvalue weighted by Gasteiger charge is -2.32. The fourth-order valence-electron chi connectivity index (χ4n) is 8.31. The van der Waals surface area contributed by atoms with Gasteiger partial charge in [0.25, 0.3) is 0 Å². The van der Waals surface area contributed by atoms with Gasteiger partial charge in [-0.1, -0.05) is 200 Å². The molecule has 0 aliphatic rings. The quantitative estimate of drug-likeness (QED) is 0.150. The van der Waals surface area contributed by atoms with Crippen LogP contribution in [0.1, 0.15) is 0 Å². The smallest absolute Gasteiger partial charge is 0.0546 e. The molecule has 0 saturated carbocycles. The van der Waals surface area contributed by atoms with Crippen LogP contribution < -0.4 is 4.90 Å². The molecule has 0 fully saturated rings. The van der Waals surface area contributed by atoms with E-state index in [1.54, 1.807) is 0 Å². The Labute approximate surface area is 322 Å². The van der Waals surface area contributed by atoms with Crippen LogP contribution in [-0.2, 0) is 0 Å². The largest absolute Gasteiger partial charge is 0.309 e. The molecule has 0 unspecified atom stereocenters. The molecule has 10 aromatic rings. The maximum atomic E-state index is 2.52. The van der Waals surface area contributed by atoms with Crippen LogP contribution in [0.4, 0.5) is 17.1 Å². The molecule has 0 spiro atoms. The summed E-state index contributed by atoms with van der Waals surface area (Å²) in [4.78, 5) is 2.52. The summed E-state index contributed by atoms with van der Waals surface area (Å²) in [6.07, 6.45) is 0. The van der Waals surface area contributed by atoms with E-state index in [1.165, 1.54) is 65.7 Å². The third-order valence-corrected chi connectivity index (χ3v) is 10.9. The van der Waals surface area contributed by atoms with E-state index >= 15 is 0 Å². The third kappa shape index (κ3) is 5.84. The molecule has 55 heavy (non-hydrogen) atoms. The molecule has 10 rings (SSSR count). The van der Waals surface area contributed by atoms with Gasteiger partial charge >= 0.3 is 0 Å². The lowest BCUT2D eigenvalue weighted by molar-refractivity contribution is 1.29. The fraction of sp³-hybridized carbons (Fsp3) is 0. The van der Waals surface area contributed by atoms with Gasteiger partial charge in [-0.2, -0.15) is 0 Å². The van der Waals surface area contributed by atoms with E-state index in [1.807, 2.05) is 0 Å². The van der Waals surface area contributed by atoms with Gasteiger partial charge in [0.2, 0.25) is 0 Å². The number of hydrogen-bond donors (Lipinski definition) is 0. The van der Waals surface area contributed by atoms with Gasteiger partial charge in [0.05, 0.1) is 17.1 Å². The van der Waals surface area contributed by atoms with E-state index in [0.717, 1.165) is 28.2 Å². The third-order valence-electron chi connectivity index (χ3n) is 10.9. The minimum Gasteiger partial charge on any atom is -0.309 e. The monoisotopic (exact) mass is 699 g/mol. The first kappa shape index (κ1) is 32.4. The highest BCUT2D eigenvalue weighted by Crippen LogP contribution is 2.50. The number of para-hydroxylation sites is 2. The summed E-state index contributed by atoms with van der Waals surface area (Å²) in [6, 6.07) is 81.6. The zero-order valence-corrected chi connectivity index (χ0v) is 30.3. The van der Waals surface area contributed by atoms with E-state index in [4.69, 9.17) is 0 Å². The van der Waals surface area contributed by atoms with Crippen LogP contribution in [0.5, 0.6) is 0 Å². The van der Waals surface area contributed by atoms with Crippen LogP contribution in [0.3, 0.4) is 0 Å². The second kappa shape index (κ2) is 14.0. The van der Waals surface area contributed by atoms with Gasteiger partial charge in [-0.15, -0.1) is 0 Å². The zero-order chi connectivity index (χ0) is 36.6. The Morgan fingerprint density at radius 2 is 0.727 bits per heavy atom. The molecular formula is C54H37N. The van der Waals surface area contributed by atoms with Crippen molar-refractivity contribution < 1.29 is 0 Å². The summed E-state index contributed by atoms with van der Waals surface area (Å²) in [6.45, 7) is 0. The summed E-state index contributed by atoms with van der Waals surface area (Å²) in [5, 5.41) is 7.43. The van der Waals surface area contributed by atoms with Gasteiger partial charge in [0, 0.05) is 16.7 Å². The van der Waals surface area contributed by atoms with Gasteiger partial charge in [-0.25, -0.2) is 0 Å². The molecule has 0 aromatic heterocycles. The topological polar surface area (TPSA) is 3.24 Å². The molecule has 0 radical (unpaired) electrons. The molecule has 0 amide bonds. The van der Waals surface area contributed by atoms with Gasteiger partial charge in [-0.05, 0) is 84.4 Å². The summed E-state index contributed by atoms with van der Waals surface area (Å²) >= 11 is 0. The molecule has 1 heteroatoms. The second-order valence-electron chi connectivity index (χ2n) is 14.1. The Bertz CT molecular complexity index is 2980. The Morgan fingerprint density at radius 3 is 1.45 bits per heavy atom. The van der Waals surface area contributed by atoms with Crippen LogP contribution >= 0.6 is 0 Å². The summed E-state index contributed by atoms with van der Waals surface area (Å²) in [5.41, 5.74) is 12.7. The second-order valence-corrected chi connectivity index (χ2v) is 14.1. The first-order chi connectivity index (χ1) is 27.3. The van der Waals surface area contributed by atoms with Gasteiger partial charge < -0.3 is 4.90 Å². The van der Waals surface area contributed by atoms with Crippen LogP contribution in [-0.4, -0.2) is 0 Å². The van der Waals surface area contributed by atoms with Crippen molar-refractivity contribution in [3.05, 3.63) is 224 Å². The van der Waals surface area contributed by atoms with Crippen molar-refractivity contribution in [2.24, 2.45) is 0 Å². The Kier molecular flexibility index (Phi) is 8.24. The molecule has 0 N–H and O–H groups in total. The first-order valence-electron chi connectivity index (χ1n) is 18.9. The van der Waals surface area contributed by atoms with Crippen molar-refractivity contribution in [1.82, 2.24) is 0 Å². The van der Waals surface area contributed by atoms with Gasteiger partial charge in [-0.3, -0.25) is 0 Å². The summed E-state index contributed by atoms with van der Waals surface area (Å²) < 4.78 is 0. The van der Waals surface area contributed by atoms with E-state index in [9.17, 15) is 0 Å². The summed E-state index contributed by atoms with van der Waals surface area (Å²) in [5.74, 6) is 0. The molecule has 0 aliphatic heterocycles. The number of fused-ring (bicyclic) bond motifs is 4. The molecule has 0 atom stereocenters. The molecular weight excluding hydrogens is 663 g/mol. The van der Waals surface area contributed by atoms with Crippen molar-refractivity contribution >= 4 is 49.4 Å². The highest BCUT2D eigenvalue weighted by atomic mass is 15.1. The molecule has 1 nitrogen and oxygen atoms in total. The fourth-order valence-corrected chi connectivity index (χ4v) is 8.31. The first-order valence-corrected chi connectivity index (χ1v) is 18.9. The average Bonchev–Trinajstić information content (AvgIpc) is 3.27. The predicted octanol–water partition coefficient (Wildman–Crippen LogP) is 15.3.